The quantitative estimate of drug-likeness (QED) is 0.316. The number of allylic oxidation sites excluding steroid dienone is 7. The molecule has 3 saturated carbocycles. The third-order valence-corrected chi connectivity index (χ3v) is 11.6. The Morgan fingerprint density at radius 3 is 2.42 bits per heavy atom. The number of hydrogen-bond acceptors (Lipinski definition) is 2. The Morgan fingerprint density at radius 2 is 1.76 bits per heavy atom. The highest BCUT2D eigenvalue weighted by Gasteiger charge is 2.67. The molecule has 0 aliphatic heterocycles. The SMILES string of the molecule is C=C(C)C1=C2CC[C@]3(C)[C@H](CC=C4[C@@H]5CC(C)(C)CC[C@]5(C(=O)OC)CC[C@]43C)[C@@]2(C)C=C1. The average Bonchev–Trinajstić information content (AvgIpc) is 3.10. The van der Waals surface area contributed by atoms with E-state index in [4.69, 9.17) is 4.74 Å². The molecule has 2 heteroatoms. The summed E-state index contributed by atoms with van der Waals surface area (Å²) in [5.41, 5.74) is 6.28. The summed E-state index contributed by atoms with van der Waals surface area (Å²) in [5, 5.41) is 0. The molecule has 5 aliphatic rings. The van der Waals surface area contributed by atoms with Crippen LogP contribution in [0.15, 0.2) is 47.1 Å². The van der Waals surface area contributed by atoms with Crippen molar-refractivity contribution in [2.45, 2.75) is 92.9 Å². The monoisotopic (exact) mass is 448 g/mol. The van der Waals surface area contributed by atoms with Gasteiger partial charge in [-0.1, -0.05) is 76.1 Å². The Hall–Kier alpha value is -1.57. The number of methoxy groups -OCH3 is 1. The summed E-state index contributed by atoms with van der Waals surface area (Å²) in [4.78, 5) is 13.3. The number of carbonyl (C=O) groups is 1. The minimum atomic E-state index is -0.317. The number of carbonyl (C=O) groups excluding carboxylic acids is 1. The van der Waals surface area contributed by atoms with Crippen LogP contribution in [0.5, 0.6) is 0 Å². The highest BCUT2D eigenvalue weighted by molar-refractivity contribution is 5.78. The summed E-state index contributed by atoms with van der Waals surface area (Å²) < 4.78 is 5.48. The predicted molar refractivity (Wildman–Crippen MR) is 136 cm³/mol. The van der Waals surface area contributed by atoms with Gasteiger partial charge in [-0.25, -0.2) is 0 Å². The molecule has 6 atom stereocenters. The van der Waals surface area contributed by atoms with Gasteiger partial charge in [-0.3, -0.25) is 4.79 Å². The van der Waals surface area contributed by atoms with E-state index in [-0.39, 0.29) is 33.0 Å². The van der Waals surface area contributed by atoms with Crippen molar-refractivity contribution < 1.29 is 9.53 Å². The highest BCUT2D eigenvalue weighted by Crippen LogP contribution is 2.74. The van der Waals surface area contributed by atoms with Gasteiger partial charge in [0.1, 0.15) is 0 Å². The minimum absolute atomic E-state index is 0.0453. The molecule has 33 heavy (non-hydrogen) atoms. The van der Waals surface area contributed by atoms with Crippen molar-refractivity contribution in [3.05, 3.63) is 47.1 Å². The van der Waals surface area contributed by atoms with Gasteiger partial charge in [0.05, 0.1) is 12.5 Å². The van der Waals surface area contributed by atoms with Crippen LogP contribution in [-0.2, 0) is 9.53 Å². The van der Waals surface area contributed by atoms with Gasteiger partial charge in [0.2, 0.25) is 0 Å². The largest absolute Gasteiger partial charge is 0.469 e. The lowest BCUT2D eigenvalue weighted by Gasteiger charge is -2.67. The second-order valence-corrected chi connectivity index (χ2v) is 13.6. The van der Waals surface area contributed by atoms with E-state index in [2.05, 4.69) is 66.3 Å². The summed E-state index contributed by atoms with van der Waals surface area (Å²) in [7, 11) is 1.59. The first-order chi connectivity index (χ1) is 15.3. The minimum Gasteiger partial charge on any atom is -0.469 e. The van der Waals surface area contributed by atoms with Gasteiger partial charge >= 0.3 is 5.97 Å². The first kappa shape index (κ1) is 23.2. The van der Waals surface area contributed by atoms with Crippen molar-refractivity contribution in [3.8, 4) is 0 Å². The molecule has 2 nitrogen and oxygen atoms in total. The van der Waals surface area contributed by atoms with E-state index in [1.807, 2.05) is 0 Å². The van der Waals surface area contributed by atoms with Crippen LogP contribution in [0, 0.1) is 38.9 Å². The fraction of sp³-hybridized carbons (Fsp3) is 0.710. The summed E-state index contributed by atoms with van der Waals surface area (Å²) in [6.45, 7) is 18.9. The molecular formula is C31H44O2. The van der Waals surface area contributed by atoms with E-state index < -0.39 is 0 Å². The molecule has 3 fully saturated rings. The van der Waals surface area contributed by atoms with Gasteiger partial charge in [0, 0.05) is 5.41 Å². The Balaban J connectivity index is 1.62. The number of hydrogen-bond donors (Lipinski definition) is 0. The second-order valence-electron chi connectivity index (χ2n) is 13.6. The fourth-order valence-electron chi connectivity index (χ4n) is 9.34. The lowest BCUT2D eigenvalue weighted by atomic mass is 9.36. The van der Waals surface area contributed by atoms with Crippen LogP contribution >= 0.6 is 0 Å². The smallest absolute Gasteiger partial charge is 0.312 e. The number of rotatable bonds is 2. The molecule has 0 unspecified atom stereocenters. The molecular weight excluding hydrogens is 404 g/mol. The van der Waals surface area contributed by atoms with Crippen LogP contribution in [0.2, 0.25) is 0 Å². The molecule has 0 aromatic rings. The first-order valence-corrected chi connectivity index (χ1v) is 13.2. The summed E-state index contributed by atoms with van der Waals surface area (Å²) >= 11 is 0. The third kappa shape index (κ3) is 2.82. The molecule has 0 N–H and O–H groups in total. The maximum Gasteiger partial charge on any atom is 0.312 e. The number of esters is 1. The average molecular weight is 449 g/mol. The summed E-state index contributed by atoms with van der Waals surface area (Å²) in [6, 6.07) is 0. The molecule has 0 aromatic carbocycles. The standard InChI is InChI=1S/C31H44O2/c1-20(2)21-11-13-28(5)22(21)12-14-30(7)25(28)10-9-23-24-19-27(3,4)15-17-31(24,26(32)33-8)18-16-29(23,30)6/h9,11,13,24-25H,1,10,12,14-19H2,2-8H3/t24-,25+,28-,29+,30+,31-/m0/s1. The Morgan fingerprint density at radius 1 is 1.06 bits per heavy atom. The number of fused-ring (bicyclic) bond motifs is 7. The molecule has 0 radical (unpaired) electrons. The van der Waals surface area contributed by atoms with E-state index in [9.17, 15) is 4.79 Å². The molecule has 0 aromatic heterocycles. The predicted octanol–water partition coefficient (Wildman–Crippen LogP) is 7.97. The van der Waals surface area contributed by atoms with Crippen LogP contribution in [0.3, 0.4) is 0 Å². The maximum absolute atomic E-state index is 13.3. The van der Waals surface area contributed by atoms with E-state index in [1.54, 1.807) is 18.3 Å². The van der Waals surface area contributed by atoms with Gasteiger partial charge in [0.25, 0.3) is 0 Å². The molecule has 0 spiro atoms. The van der Waals surface area contributed by atoms with E-state index in [0.29, 0.717) is 11.8 Å². The van der Waals surface area contributed by atoms with Crippen LogP contribution in [0.1, 0.15) is 92.9 Å². The zero-order chi connectivity index (χ0) is 24.0. The van der Waals surface area contributed by atoms with Gasteiger partial charge in [-0.2, -0.15) is 0 Å². The Bertz CT molecular complexity index is 1010. The van der Waals surface area contributed by atoms with Crippen molar-refractivity contribution in [1.29, 1.82) is 0 Å². The van der Waals surface area contributed by atoms with Crippen molar-refractivity contribution in [3.63, 3.8) is 0 Å². The number of ether oxygens (including phenoxy) is 1. The van der Waals surface area contributed by atoms with Crippen LogP contribution in [-0.4, -0.2) is 13.1 Å². The van der Waals surface area contributed by atoms with Crippen molar-refractivity contribution in [2.24, 2.45) is 38.9 Å². The van der Waals surface area contributed by atoms with Crippen molar-refractivity contribution >= 4 is 5.97 Å². The molecule has 0 saturated heterocycles. The second kappa shape index (κ2) is 6.98. The van der Waals surface area contributed by atoms with E-state index in [1.165, 1.54) is 24.0 Å². The summed E-state index contributed by atoms with van der Waals surface area (Å²) in [6.07, 6.45) is 16.2. The van der Waals surface area contributed by atoms with Crippen LogP contribution in [0.4, 0.5) is 0 Å². The fourth-order valence-corrected chi connectivity index (χ4v) is 9.34. The zero-order valence-corrected chi connectivity index (χ0v) is 22.1. The molecule has 5 rings (SSSR count). The normalized spacial score (nSPS) is 45.4. The zero-order valence-electron chi connectivity index (χ0n) is 22.1. The van der Waals surface area contributed by atoms with Crippen LogP contribution < -0.4 is 0 Å². The van der Waals surface area contributed by atoms with Gasteiger partial charge in [-0.05, 0) is 91.9 Å². The molecule has 180 valence electrons. The maximum atomic E-state index is 13.3. The Kier molecular flexibility index (Phi) is 4.91. The van der Waals surface area contributed by atoms with Crippen LogP contribution in [0.25, 0.3) is 0 Å². The highest BCUT2D eigenvalue weighted by atomic mass is 16.5. The molecule has 0 heterocycles. The lowest BCUT2D eigenvalue weighted by Crippen LogP contribution is -2.61. The van der Waals surface area contributed by atoms with Crippen molar-refractivity contribution in [1.82, 2.24) is 0 Å². The molecule has 5 aliphatic carbocycles. The molecule has 0 bridgehead atoms. The van der Waals surface area contributed by atoms with Gasteiger partial charge < -0.3 is 4.74 Å². The first-order valence-electron chi connectivity index (χ1n) is 13.2. The topological polar surface area (TPSA) is 26.3 Å². The lowest BCUT2D eigenvalue weighted by molar-refractivity contribution is -0.169. The van der Waals surface area contributed by atoms with E-state index >= 15 is 0 Å². The van der Waals surface area contributed by atoms with Gasteiger partial charge in [0.15, 0.2) is 0 Å². The van der Waals surface area contributed by atoms with Crippen molar-refractivity contribution in [2.75, 3.05) is 7.11 Å². The Labute approximate surface area is 201 Å². The third-order valence-electron chi connectivity index (χ3n) is 11.6. The summed E-state index contributed by atoms with van der Waals surface area (Å²) in [5.74, 6) is 0.960. The van der Waals surface area contributed by atoms with Gasteiger partial charge in [-0.15, -0.1) is 0 Å². The van der Waals surface area contributed by atoms with E-state index in [0.717, 1.165) is 38.5 Å². The molecule has 0 amide bonds.